The van der Waals surface area contributed by atoms with E-state index in [-0.39, 0.29) is 0 Å². The van der Waals surface area contributed by atoms with E-state index in [0.29, 0.717) is 17.3 Å². The van der Waals surface area contributed by atoms with Gasteiger partial charge in [0.05, 0.1) is 16.9 Å². The van der Waals surface area contributed by atoms with Gasteiger partial charge >= 0.3 is 0 Å². The van der Waals surface area contributed by atoms with Gasteiger partial charge < -0.3 is 4.57 Å². The number of para-hydroxylation sites is 1. The zero-order valence-corrected chi connectivity index (χ0v) is 12.7. The fourth-order valence-corrected chi connectivity index (χ4v) is 3.72. The highest BCUT2D eigenvalue weighted by atomic mass is 35.5. The third-order valence-corrected chi connectivity index (χ3v) is 4.87. The lowest BCUT2D eigenvalue weighted by Gasteiger charge is -2.30. The number of hydrogen-bond acceptors (Lipinski definition) is 1. The molecule has 1 saturated carbocycles. The highest BCUT2D eigenvalue weighted by Gasteiger charge is 2.37. The first-order valence-electron chi connectivity index (χ1n) is 7.07. The predicted octanol–water partition coefficient (Wildman–Crippen LogP) is 4.83. The smallest absolute Gasteiger partial charge is 0.125 e. The molecule has 1 aliphatic rings. The van der Waals surface area contributed by atoms with Gasteiger partial charge in [-0.25, -0.2) is 4.98 Å². The van der Waals surface area contributed by atoms with Crippen LogP contribution in [0.5, 0.6) is 0 Å². The molecule has 1 aliphatic carbocycles. The summed E-state index contributed by atoms with van der Waals surface area (Å²) in [6.45, 7) is 6.85. The Hall–Kier alpha value is -1.02. The van der Waals surface area contributed by atoms with E-state index >= 15 is 0 Å². The molecular formula is C16H21ClN2. The number of aromatic nitrogens is 2. The van der Waals surface area contributed by atoms with E-state index in [1.807, 2.05) is 0 Å². The van der Waals surface area contributed by atoms with Crippen LogP contribution < -0.4 is 0 Å². The van der Waals surface area contributed by atoms with Gasteiger partial charge in [0.25, 0.3) is 0 Å². The standard InChI is InChI=1S/C16H21ClN2/c1-11-6-4-7-12-15(11)18-14(10-17)19(12)13-8-5-9-16(13,2)3/h4,6-7,13H,5,8-10H2,1-3H3. The van der Waals surface area contributed by atoms with Crippen molar-refractivity contribution in [2.75, 3.05) is 0 Å². The normalized spacial score (nSPS) is 22.2. The van der Waals surface area contributed by atoms with Crippen molar-refractivity contribution in [2.45, 2.75) is 52.0 Å². The highest BCUT2D eigenvalue weighted by molar-refractivity contribution is 6.16. The van der Waals surface area contributed by atoms with E-state index in [0.717, 1.165) is 11.3 Å². The quantitative estimate of drug-likeness (QED) is 0.718. The van der Waals surface area contributed by atoms with Crippen LogP contribution in [0.4, 0.5) is 0 Å². The lowest BCUT2D eigenvalue weighted by Crippen LogP contribution is -2.22. The molecule has 0 radical (unpaired) electrons. The first-order chi connectivity index (χ1) is 9.04. The van der Waals surface area contributed by atoms with Crippen molar-refractivity contribution in [3.63, 3.8) is 0 Å². The molecule has 0 bridgehead atoms. The number of alkyl halides is 1. The van der Waals surface area contributed by atoms with Crippen molar-refractivity contribution < 1.29 is 0 Å². The summed E-state index contributed by atoms with van der Waals surface area (Å²) in [5.74, 6) is 1.51. The molecule has 2 nitrogen and oxygen atoms in total. The van der Waals surface area contributed by atoms with Crippen LogP contribution in [0, 0.1) is 12.3 Å². The predicted molar refractivity (Wildman–Crippen MR) is 80.7 cm³/mol. The van der Waals surface area contributed by atoms with Gasteiger partial charge in [-0.15, -0.1) is 11.6 Å². The average molecular weight is 277 g/mol. The zero-order chi connectivity index (χ0) is 13.6. The van der Waals surface area contributed by atoms with E-state index in [1.165, 1.54) is 30.3 Å². The van der Waals surface area contributed by atoms with Gasteiger partial charge in [0.1, 0.15) is 5.82 Å². The monoisotopic (exact) mass is 276 g/mol. The van der Waals surface area contributed by atoms with Gasteiger partial charge in [0, 0.05) is 6.04 Å². The molecule has 19 heavy (non-hydrogen) atoms. The maximum atomic E-state index is 6.14. The molecule has 0 saturated heterocycles. The largest absolute Gasteiger partial charge is 0.323 e. The minimum Gasteiger partial charge on any atom is -0.323 e. The number of aryl methyl sites for hydroxylation is 1. The lowest BCUT2D eigenvalue weighted by molar-refractivity contribution is 0.262. The van der Waals surface area contributed by atoms with Gasteiger partial charge in [0.2, 0.25) is 0 Å². The van der Waals surface area contributed by atoms with Crippen LogP contribution in [-0.2, 0) is 5.88 Å². The van der Waals surface area contributed by atoms with Crippen molar-refractivity contribution in [2.24, 2.45) is 5.41 Å². The third-order valence-electron chi connectivity index (χ3n) is 4.63. The summed E-state index contributed by atoms with van der Waals surface area (Å²) in [7, 11) is 0. The second-order valence-electron chi connectivity index (χ2n) is 6.37. The van der Waals surface area contributed by atoms with Crippen molar-refractivity contribution >= 4 is 22.6 Å². The Morgan fingerprint density at radius 3 is 2.84 bits per heavy atom. The average Bonchev–Trinajstić information content (AvgIpc) is 2.89. The van der Waals surface area contributed by atoms with Crippen molar-refractivity contribution in [1.29, 1.82) is 0 Å². The van der Waals surface area contributed by atoms with Crippen LogP contribution in [0.3, 0.4) is 0 Å². The third kappa shape index (κ3) is 1.97. The maximum absolute atomic E-state index is 6.14. The molecule has 2 aromatic rings. The number of rotatable bonds is 2. The molecule has 3 rings (SSSR count). The number of imidazole rings is 1. The summed E-state index contributed by atoms with van der Waals surface area (Å²) in [6, 6.07) is 6.95. The molecule has 1 aromatic heterocycles. The first kappa shape index (κ1) is 13.0. The Bertz CT molecular complexity index is 612. The van der Waals surface area contributed by atoms with E-state index < -0.39 is 0 Å². The number of benzene rings is 1. The molecule has 1 heterocycles. The van der Waals surface area contributed by atoms with Crippen LogP contribution in [0.2, 0.25) is 0 Å². The SMILES string of the molecule is Cc1cccc2c1nc(CCl)n2C1CCCC1(C)C. The Balaban J connectivity index is 2.25. The van der Waals surface area contributed by atoms with Gasteiger partial charge in [-0.05, 0) is 36.8 Å². The van der Waals surface area contributed by atoms with Gasteiger partial charge in [-0.2, -0.15) is 0 Å². The van der Waals surface area contributed by atoms with Gasteiger partial charge in [-0.3, -0.25) is 0 Å². The second kappa shape index (κ2) is 4.52. The van der Waals surface area contributed by atoms with Crippen LogP contribution >= 0.6 is 11.6 Å². The molecule has 1 atom stereocenters. The maximum Gasteiger partial charge on any atom is 0.125 e. The molecular weight excluding hydrogens is 256 g/mol. The van der Waals surface area contributed by atoms with Crippen LogP contribution in [-0.4, -0.2) is 9.55 Å². The number of halogens is 1. The van der Waals surface area contributed by atoms with E-state index in [2.05, 4.69) is 43.5 Å². The molecule has 0 spiro atoms. The molecule has 1 unspecified atom stereocenters. The molecule has 1 fully saturated rings. The second-order valence-corrected chi connectivity index (χ2v) is 6.64. The van der Waals surface area contributed by atoms with E-state index in [4.69, 9.17) is 16.6 Å². The fourth-order valence-electron chi connectivity index (χ4n) is 3.53. The number of fused-ring (bicyclic) bond motifs is 1. The summed E-state index contributed by atoms with van der Waals surface area (Å²) in [6.07, 6.45) is 3.81. The van der Waals surface area contributed by atoms with Crippen LogP contribution in [0.25, 0.3) is 11.0 Å². The van der Waals surface area contributed by atoms with E-state index in [9.17, 15) is 0 Å². The topological polar surface area (TPSA) is 17.8 Å². The van der Waals surface area contributed by atoms with Crippen LogP contribution in [0.1, 0.15) is 50.5 Å². The van der Waals surface area contributed by atoms with E-state index in [1.54, 1.807) is 0 Å². The summed E-state index contributed by atoms with van der Waals surface area (Å²) >= 11 is 6.14. The molecule has 3 heteroatoms. The summed E-state index contributed by atoms with van der Waals surface area (Å²) in [4.78, 5) is 4.77. The Labute approximate surface area is 119 Å². The van der Waals surface area contributed by atoms with Crippen molar-refractivity contribution in [1.82, 2.24) is 9.55 Å². The lowest BCUT2D eigenvalue weighted by atomic mass is 9.87. The minimum atomic E-state index is 0.332. The zero-order valence-electron chi connectivity index (χ0n) is 11.9. The van der Waals surface area contributed by atoms with Crippen LogP contribution in [0.15, 0.2) is 18.2 Å². The minimum absolute atomic E-state index is 0.332. The Morgan fingerprint density at radius 1 is 1.42 bits per heavy atom. The van der Waals surface area contributed by atoms with Crippen molar-refractivity contribution in [3.8, 4) is 0 Å². The molecule has 102 valence electrons. The molecule has 0 N–H and O–H groups in total. The summed E-state index contributed by atoms with van der Waals surface area (Å²) in [5.41, 5.74) is 3.92. The molecule has 0 aliphatic heterocycles. The Kier molecular flexibility index (Phi) is 3.09. The van der Waals surface area contributed by atoms with Crippen molar-refractivity contribution in [3.05, 3.63) is 29.6 Å². The summed E-state index contributed by atoms with van der Waals surface area (Å²) in [5, 5.41) is 0. The molecule has 0 amide bonds. The van der Waals surface area contributed by atoms with Gasteiger partial charge in [0.15, 0.2) is 0 Å². The summed E-state index contributed by atoms with van der Waals surface area (Å²) < 4.78 is 2.41. The Morgan fingerprint density at radius 2 is 2.21 bits per heavy atom. The number of nitrogens with zero attached hydrogens (tertiary/aromatic N) is 2. The number of hydrogen-bond donors (Lipinski definition) is 0. The molecule has 1 aromatic carbocycles. The highest BCUT2D eigenvalue weighted by Crippen LogP contribution is 2.47. The fraction of sp³-hybridized carbons (Fsp3) is 0.562. The first-order valence-corrected chi connectivity index (χ1v) is 7.60. The van der Waals surface area contributed by atoms with Gasteiger partial charge in [-0.1, -0.05) is 32.4 Å².